The Morgan fingerprint density at radius 3 is 2.59 bits per heavy atom. The summed E-state index contributed by atoms with van der Waals surface area (Å²) in [7, 11) is 0. The van der Waals surface area contributed by atoms with Crippen molar-refractivity contribution in [1.82, 2.24) is 9.88 Å². The Balaban J connectivity index is 1.86. The Labute approximate surface area is 170 Å². The van der Waals surface area contributed by atoms with Crippen LogP contribution in [0.3, 0.4) is 0 Å². The van der Waals surface area contributed by atoms with Crippen molar-refractivity contribution < 1.29 is 19.1 Å². The Morgan fingerprint density at radius 2 is 1.97 bits per heavy atom. The van der Waals surface area contributed by atoms with Crippen LogP contribution in [-0.2, 0) is 16.1 Å². The third kappa shape index (κ3) is 3.45. The first-order chi connectivity index (χ1) is 14.0. The summed E-state index contributed by atoms with van der Waals surface area (Å²) in [6.07, 6.45) is 3.27. The zero-order valence-electron chi connectivity index (χ0n) is 15.5. The van der Waals surface area contributed by atoms with Gasteiger partial charge in [-0.25, -0.2) is 4.39 Å². The van der Waals surface area contributed by atoms with Gasteiger partial charge in [0, 0.05) is 29.4 Å². The van der Waals surface area contributed by atoms with E-state index in [9.17, 15) is 19.1 Å². The monoisotopic (exact) mass is 408 g/mol. The van der Waals surface area contributed by atoms with E-state index in [1.54, 1.807) is 18.5 Å². The van der Waals surface area contributed by atoms with E-state index >= 15 is 0 Å². The molecule has 1 amide bonds. The fourth-order valence-corrected chi connectivity index (χ4v) is 4.48. The Kier molecular flexibility index (Phi) is 4.98. The number of hydrogen-bond donors (Lipinski definition) is 1. The number of amides is 1. The number of pyridine rings is 1. The Hall–Kier alpha value is -3.32. The first kappa shape index (κ1) is 19.0. The van der Waals surface area contributed by atoms with E-state index in [0.29, 0.717) is 0 Å². The molecule has 29 heavy (non-hydrogen) atoms. The van der Waals surface area contributed by atoms with Crippen molar-refractivity contribution in [2.24, 2.45) is 0 Å². The number of aryl methyl sites for hydroxylation is 1. The predicted molar refractivity (Wildman–Crippen MR) is 108 cm³/mol. The van der Waals surface area contributed by atoms with E-state index in [4.69, 9.17) is 0 Å². The molecule has 0 spiro atoms. The number of carbonyl (C=O) groups excluding carboxylic acids is 2. The lowest BCUT2D eigenvalue weighted by Crippen LogP contribution is -2.29. The summed E-state index contributed by atoms with van der Waals surface area (Å²) in [6, 6.07) is 9.94. The second-order valence-corrected chi connectivity index (χ2v) is 7.71. The SMILES string of the molecule is Cc1ccsc1C1/C(=C(/O)c2ccc(F)cc2)C(=O)C(=O)N1Cc1cccnc1. The van der Waals surface area contributed by atoms with E-state index in [-0.39, 0.29) is 23.4 Å². The van der Waals surface area contributed by atoms with Crippen LogP contribution in [0, 0.1) is 12.7 Å². The smallest absolute Gasteiger partial charge is 0.295 e. The fraction of sp³-hybridized carbons (Fsp3) is 0.136. The zero-order valence-corrected chi connectivity index (χ0v) is 16.3. The topological polar surface area (TPSA) is 70.5 Å². The van der Waals surface area contributed by atoms with Gasteiger partial charge in [-0.15, -0.1) is 11.3 Å². The van der Waals surface area contributed by atoms with Gasteiger partial charge < -0.3 is 10.0 Å². The van der Waals surface area contributed by atoms with Crippen molar-refractivity contribution in [2.45, 2.75) is 19.5 Å². The number of aliphatic hydroxyl groups is 1. The molecule has 1 saturated heterocycles. The molecule has 2 aromatic heterocycles. The number of aromatic nitrogens is 1. The number of thiophene rings is 1. The van der Waals surface area contributed by atoms with Gasteiger partial charge >= 0.3 is 0 Å². The third-order valence-electron chi connectivity index (χ3n) is 4.88. The zero-order chi connectivity index (χ0) is 20.5. The number of benzene rings is 1. The lowest BCUT2D eigenvalue weighted by molar-refractivity contribution is -0.140. The van der Waals surface area contributed by atoms with E-state index in [2.05, 4.69) is 4.98 Å². The molecule has 1 atom stereocenters. The van der Waals surface area contributed by atoms with Gasteiger partial charge in [0.25, 0.3) is 11.7 Å². The number of likely N-dealkylation sites (tertiary alicyclic amines) is 1. The molecule has 1 unspecified atom stereocenters. The molecule has 0 bridgehead atoms. The molecule has 1 aliphatic heterocycles. The Bertz CT molecular complexity index is 1110. The van der Waals surface area contributed by atoms with E-state index < -0.39 is 23.5 Å². The minimum absolute atomic E-state index is 0.0102. The van der Waals surface area contributed by atoms with Crippen molar-refractivity contribution in [3.63, 3.8) is 0 Å². The Morgan fingerprint density at radius 1 is 1.21 bits per heavy atom. The van der Waals surface area contributed by atoms with E-state index in [1.165, 1.54) is 40.5 Å². The number of Topliss-reactive ketones (excluding diaryl/α,β-unsaturated/α-hetero) is 1. The first-order valence-corrected chi connectivity index (χ1v) is 9.82. The number of ketones is 1. The lowest BCUT2D eigenvalue weighted by Gasteiger charge is -2.24. The van der Waals surface area contributed by atoms with Gasteiger partial charge in [-0.2, -0.15) is 0 Å². The lowest BCUT2D eigenvalue weighted by atomic mass is 9.98. The quantitative estimate of drug-likeness (QED) is 0.399. The summed E-state index contributed by atoms with van der Waals surface area (Å²) >= 11 is 1.42. The number of aliphatic hydroxyl groups excluding tert-OH is 1. The molecule has 3 aromatic rings. The molecule has 1 aliphatic rings. The molecule has 146 valence electrons. The highest BCUT2D eigenvalue weighted by Crippen LogP contribution is 2.43. The molecular weight excluding hydrogens is 391 g/mol. The fourth-order valence-electron chi connectivity index (χ4n) is 3.43. The predicted octanol–water partition coefficient (Wildman–Crippen LogP) is 4.21. The maximum absolute atomic E-state index is 13.3. The second-order valence-electron chi connectivity index (χ2n) is 6.76. The highest BCUT2D eigenvalue weighted by Gasteiger charge is 2.47. The molecule has 0 aliphatic carbocycles. The minimum atomic E-state index is -0.756. The maximum atomic E-state index is 13.3. The van der Waals surface area contributed by atoms with Crippen LogP contribution < -0.4 is 0 Å². The van der Waals surface area contributed by atoms with Crippen molar-refractivity contribution in [3.8, 4) is 0 Å². The van der Waals surface area contributed by atoms with Crippen LogP contribution >= 0.6 is 11.3 Å². The van der Waals surface area contributed by atoms with Crippen LogP contribution in [0.5, 0.6) is 0 Å². The van der Waals surface area contributed by atoms with Gasteiger partial charge in [-0.3, -0.25) is 14.6 Å². The maximum Gasteiger partial charge on any atom is 0.295 e. The average molecular weight is 408 g/mol. The van der Waals surface area contributed by atoms with Crippen LogP contribution in [0.25, 0.3) is 5.76 Å². The van der Waals surface area contributed by atoms with Crippen LogP contribution in [-0.4, -0.2) is 26.7 Å². The summed E-state index contributed by atoms with van der Waals surface area (Å²) in [6.45, 7) is 2.08. The second kappa shape index (κ2) is 7.60. The van der Waals surface area contributed by atoms with E-state index in [0.717, 1.165) is 16.0 Å². The molecule has 0 saturated carbocycles. The van der Waals surface area contributed by atoms with Crippen LogP contribution in [0.2, 0.25) is 0 Å². The first-order valence-electron chi connectivity index (χ1n) is 8.94. The average Bonchev–Trinajstić information content (AvgIpc) is 3.25. The number of carbonyl (C=O) groups is 2. The van der Waals surface area contributed by atoms with Crippen molar-refractivity contribution in [1.29, 1.82) is 0 Å². The van der Waals surface area contributed by atoms with Crippen molar-refractivity contribution >= 4 is 28.8 Å². The molecule has 5 nitrogen and oxygen atoms in total. The van der Waals surface area contributed by atoms with Crippen LogP contribution in [0.15, 0.2) is 65.8 Å². The number of nitrogens with zero attached hydrogens (tertiary/aromatic N) is 2. The summed E-state index contributed by atoms with van der Waals surface area (Å²) in [5, 5.41) is 12.8. The summed E-state index contributed by atoms with van der Waals surface area (Å²) < 4.78 is 13.3. The number of halogens is 1. The van der Waals surface area contributed by atoms with E-state index in [1.807, 2.05) is 24.4 Å². The highest BCUT2D eigenvalue weighted by atomic mass is 32.1. The molecule has 1 aromatic carbocycles. The van der Waals surface area contributed by atoms with Gasteiger partial charge in [0.2, 0.25) is 0 Å². The van der Waals surface area contributed by atoms with Crippen molar-refractivity contribution in [2.75, 3.05) is 0 Å². The molecule has 4 rings (SSSR count). The van der Waals surface area contributed by atoms with Crippen LogP contribution in [0.4, 0.5) is 4.39 Å². The van der Waals surface area contributed by atoms with Gasteiger partial charge in [0.15, 0.2) is 0 Å². The normalized spacial score (nSPS) is 18.4. The van der Waals surface area contributed by atoms with Crippen molar-refractivity contribution in [3.05, 3.63) is 93.2 Å². The third-order valence-corrected chi connectivity index (χ3v) is 5.95. The van der Waals surface area contributed by atoms with Crippen LogP contribution in [0.1, 0.15) is 27.6 Å². The molecule has 1 N–H and O–H groups in total. The van der Waals surface area contributed by atoms with Gasteiger partial charge in [0.1, 0.15) is 17.6 Å². The van der Waals surface area contributed by atoms with Gasteiger partial charge in [-0.1, -0.05) is 6.07 Å². The summed E-state index contributed by atoms with van der Waals surface area (Å²) in [5.74, 6) is -2.21. The molecular formula is C22H17FN2O3S. The molecule has 7 heteroatoms. The minimum Gasteiger partial charge on any atom is -0.507 e. The standard InChI is InChI=1S/C22H17FN2O3S/c1-13-8-10-29-21(13)18-17(19(26)15-4-6-16(23)7-5-15)20(27)22(28)25(18)12-14-3-2-9-24-11-14/h2-11,18,26H,12H2,1H3/b19-17-. The summed E-state index contributed by atoms with van der Waals surface area (Å²) in [4.78, 5) is 32.1. The molecule has 0 radical (unpaired) electrons. The van der Waals surface area contributed by atoms with Gasteiger partial charge in [-0.05, 0) is 59.8 Å². The van der Waals surface area contributed by atoms with Gasteiger partial charge in [0.05, 0.1) is 5.57 Å². The molecule has 3 heterocycles. The number of rotatable bonds is 4. The molecule has 1 fully saturated rings. The highest BCUT2D eigenvalue weighted by molar-refractivity contribution is 7.10. The number of hydrogen-bond acceptors (Lipinski definition) is 5. The summed E-state index contributed by atoms with van der Waals surface area (Å²) in [5.41, 5.74) is 1.99. The largest absolute Gasteiger partial charge is 0.507 e.